The Balaban J connectivity index is 1.53. The molecule has 3 heterocycles. The highest BCUT2D eigenvalue weighted by Gasteiger charge is 2.31. The average Bonchev–Trinajstić information content (AvgIpc) is 3.06. The summed E-state index contributed by atoms with van der Waals surface area (Å²) in [6.07, 6.45) is 0.677. The highest BCUT2D eigenvalue weighted by molar-refractivity contribution is 5.95. The van der Waals surface area contributed by atoms with Crippen LogP contribution in [0.5, 0.6) is 0 Å². The van der Waals surface area contributed by atoms with Crippen molar-refractivity contribution in [2.24, 2.45) is 7.05 Å². The number of amides is 3. The van der Waals surface area contributed by atoms with Gasteiger partial charge in [0, 0.05) is 50.0 Å². The van der Waals surface area contributed by atoms with Gasteiger partial charge in [-0.25, -0.2) is 4.79 Å². The van der Waals surface area contributed by atoms with E-state index >= 15 is 0 Å². The van der Waals surface area contributed by atoms with Crippen molar-refractivity contribution in [3.63, 3.8) is 0 Å². The number of carbonyl (C=O) groups excluding carboxylic acids is 2. The number of nitrogens with zero attached hydrogens (tertiary/aromatic N) is 4. The van der Waals surface area contributed by atoms with Crippen LogP contribution in [0.1, 0.15) is 27.3 Å². The van der Waals surface area contributed by atoms with Crippen LogP contribution in [0.25, 0.3) is 0 Å². The molecule has 1 aromatic heterocycles. The molecule has 8 nitrogen and oxygen atoms in total. The molecule has 1 aromatic carbocycles. The number of hydrogen-bond donors (Lipinski definition) is 1. The zero-order chi connectivity index (χ0) is 19.7. The van der Waals surface area contributed by atoms with Crippen LogP contribution in [0.3, 0.4) is 0 Å². The SMILES string of the molecule is Cc1ccccc1NC(=O)N1CCc2c(c(C(=O)N3CCOCC3)nn2C)C1. The van der Waals surface area contributed by atoms with Gasteiger partial charge in [0.05, 0.1) is 19.8 Å². The summed E-state index contributed by atoms with van der Waals surface area (Å²) in [5.74, 6) is -0.0821. The summed E-state index contributed by atoms with van der Waals surface area (Å²) in [5, 5.41) is 7.46. The molecule has 0 atom stereocenters. The van der Waals surface area contributed by atoms with Crippen molar-refractivity contribution in [1.29, 1.82) is 0 Å². The monoisotopic (exact) mass is 383 g/mol. The lowest BCUT2D eigenvalue weighted by atomic mass is 10.0. The summed E-state index contributed by atoms with van der Waals surface area (Å²) >= 11 is 0. The van der Waals surface area contributed by atoms with Crippen molar-refractivity contribution in [2.75, 3.05) is 38.2 Å². The number of morpholine rings is 1. The summed E-state index contributed by atoms with van der Waals surface area (Å²) in [6, 6.07) is 7.53. The number of hydrogen-bond acceptors (Lipinski definition) is 4. The number of aromatic nitrogens is 2. The fourth-order valence-electron chi connectivity index (χ4n) is 3.76. The minimum Gasteiger partial charge on any atom is -0.378 e. The fourth-order valence-corrected chi connectivity index (χ4v) is 3.76. The maximum atomic E-state index is 13.0. The molecule has 148 valence electrons. The van der Waals surface area contributed by atoms with Crippen LogP contribution in [0.4, 0.5) is 10.5 Å². The van der Waals surface area contributed by atoms with Crippen LogP contribution in [-0.4, -0.2) is 64.4 Å². The molecule has 0 radical (unpaired) electrons. The van der Waals surface area contributed by atoms with E-state index in [9.17, 15) is 9.59 Å². The number of ether oxygens (including phenoxy) is 1. The highest BCUT2D eigenvalue weighted by atomic mass is 16.5. The molecule has 8 heteroatoms. The second-order valence-corrected chi connectivity index (χ2v) is 7.22. The number of rotatable bonds is 2. The van der Waals surface area contributed by atoms with Gasteiger partial charge in [0.15, 0.2) is 5.69 Å². The molecule has 0 unspecified atom stereocenters. The normalized spacial score (nSPS) is 16.6. The van der Waals surface area contributed by atoms with Crippen molar-refractivity contribution >= 4 is 17.6 Å². The summed E-state index contributed by atoms with van der Waals surface area (Å²) < 4.78 is 7.12. The highest BCUT2D eigenvalue weighted by Crippen LogP contribution is 2.24. The summed E-state index contributed by atoms with van der Waals surface area (Å²) in [7, 11) is 1.86. The lowest BCUT2D eigenvalue weighted by Gasteiger charge is -2.29. The Kier molecular flexibility index (Phi) is 5.04. The maximum Gasteiger partial charge on any atom is 0.322 e. The van der Waals surface area contributed by atoms with Crippen LogP contribution >= 0.6 is 0 Å². The average molecular weight is 383 g/mol. The van der Waals surface area contributed by atoms with Crippen LogP contribution in [0.2, 0.25) is 0 Å². The molecule has 0 aliphatic carbocycles. The van der Waals surface area contributed by atoms with Crippen molar-refractivity contribution in [1.82, 2.24) is 19.6 Å². The number of para-hydroxylation sites is 1. The van der Waals surface area contributed by atoms with E-state index in [1.54, 1.807) is 14.5 Å². The minimum atomic E-state index is -0.159. The Morgan fingerprint density at radius 3 is 2.61 bits per heavy atom. The second kappa shape index (κ2) is 7.63. The van der Waals surface area contributed by atoms with Gasteiger partial charge in [0.25, 0.3) is 5.91 Å². The predicted molar refractivity (Wildman–Crippen MR) is 104 cm³/mol. The quantitative estimate of drug-likeness (QED) is 0.858. The molecule has 1 saturated heterocycles. The molecule has 4 rings (SSSR count). The van der Waals surface area contributed by atoms with E-state index in [1.807, 2.05) is 38.2 Å². The van der Waals surface area contributed by atoms with Gasteiger partial charge in [-0.3, -0.25) is 9.48 Å². The zero-order valence-corrected chi connectivity index (χ0v) is 16.3. The first-order chi connectivity index (χ1) is 13.5. The van der Waals surface area contributed by atoms with Crippen LogP contribution < -0.4 is 5.32 Å². The zero-order valence-electron chi connectivity index (χ0n) is 16.3. The molecule has 2 aliphatic heterocycles. The third-order valence-corrected chi connectivity index (χ3v) is 5.42. The van der Waals surface area contributed by atoms with E-state index < -0.39 is 0 Å². The number of carbonyl (C=O) groups is 2. The Hall–Kier alpha value is -2.87. The molecule has 28 heavy (non-hydrogen) atoms. The van der Waals surface area contributed by atoms with Crippen LogP contribution in [0.15, 0.2) is 24.3 Å². The molecule has 1 fully saturated rings. The topological polar surface area (TPSA) is 79.7 Å². The first-order valence-electron chi connectivity index (χ1n) is 9.58. The molecular formula is C20H25N5O3. The Morgan fingerprint density at radius 1 is 1.11 bits per heavy atom. The number of urea groups is 1. The first kappa shape index (κ1) is 18.5. The standard InChI is InChI=1S/C20H25N5O3/c1-14-5-3-4-6-16(14)21-20(27)25-8-7-17-15(13-25)18(22-23(17)2)19(26)24-9-11-28-12-10-24/h3-6H,7-13H2,1-2H3,(H,21,27). The van der Waals surface area contributed by atoms with E-state index in [0.29, 0.717) is 51.5 Å². The summed E-state index contributed by atoms with van der Waals surface area (Å²) in [6.45, 7) is 5.17. The molecule has 3 amide bonds. The molecule has 0 saturated carbocycles. The first-order valence-corrected chi connectivity index (χ1v) is 9.58. The molecule has 0 spiro atoms. The van der Waals surface area contributed by atoms with Crippen molar-refractivity contribution < 1.29 is 14.3 Å². The summed E-state index contributed by atoms with van der Waals surface area (Å²) in [5.41, 5.74) is 4.14. The molecular weight excluding hydrogens is 358 g/mol. The van der Waals surface area contributed by atoms with E-state index in [4.69, 9.17) is 4.74 Å². The largest absolute Gasteiger partial charge is 0.378 e. The Morgan fingerprint density at radius 2 is 1.86 bits per heavy atom. The second-order valence-electron chi connectivity index (χ2n) is 7.22. The lowest BCUT2D eigenvalue weighted by Crippen LogP contribution is -2.42. The van der Waals surface area contributed by atoms with Gasteiger partial charge in [-0.2, -0.15) is 5.10 Å². The van der Waals surface area contributed by atoms with E-state index in [0.717, 1.165) is 22.5 Å². The number of fused-ring (bicyclic) bond motifs is 1. The third-order valence-electron chi connectivity index (χ3n) is 5.42. The third kappa shape index (κ3) is 3.47. The van der Waals surface area contributed by atoms with Gasteiger partial charge >= 0.3 is 6.03 Å². The fraction of sp³-hybridized carbons (Fsp3) is 0.450. The van der Waals surface area contributed by atoms with Gasteiger partial charge in [-0.05, 0) is 18.6 Å². The minimum absolute atomic E-state index is 0.0821. The van der Waals surface area contributed by atoms with Gasteiger partial charge in [-0.1, -0.05) is 18.2 Å². The maximum absolute atomic E-state index is 13.0. The Bertz CT molecular complexity index is 901. The van der Waals surface area contributed by atoms with Crippen LogP contribution in [0, 0.1) is 6.92 Å². The van der Waals surface area contributed by atoms with Gasteiger partial charge in [0.2, 0.25) is 0 Å². The lowest BCUT2D eigenvalue weighted by molar-refractivity contribution is 0.0297. The molecule has 2 aromatic rings. The van der Waals surface area contributed by atoms with E-state index in [2.05, 4.69) is 10.4 Å². The number of anilines is 1. The summed E-state index contributed by atoms with van der Waals surface area (Å²) in [4.78, 5) is 29.3. The molecule has 2 aliphatic rings. The van der Waals surface area contributed by atoms with E-state index in [-0.39, 0.29) is 11.9 Å². The molecule has 0 bridgehead atoms. The Labute approximate surface area is 164 Å². The smallest absolute Gasteiger partial charge is 0.322 e. The number of benzene rings is 1. The number of aryl methyl sites for hydroxylation is 2. The predicted octanol–water partition coefficient (Wildman–Crippen LogP) is 1.79. The van der Waals surface area contributed by atoms with Crippen LogP contribution in [-0.2, 0) is 24.8 Å². The molecule has 1 N–H and O–H groups in total. The number of nitrogens with one attached hydrogen (secondary N) is 1. The van der Waals surface area contributed by atoms with Crippen molar-refractivity contribution in [3.05, 3.63) is 46.8 Å². The van der Waals surface area contributed by atoms with E-state index in [1.165, 1.54) is 0 Å². The van der Waals surface area contributed by atoms with Gasteiger partial charge < -0.3 is 19.9 Å². The van der Waals surface area contributed by atoms with Gasteiger partial charge in [-0.15, -0.1) is 0 Å². The van der Waals surface area contributed by atoms with Gasteiger partial charge in [0.1, 0.15) is 0 Å². The van der Waals surface area contributed by atoms with Crippen molar-refractivity contribution in [3.8, 4) is 0 Å². The van der Waals surface area contributed by atoms with Crippen molar-refractivity contribution in [2.45, 2.75) is 19.9 Å².